The molecule has 11 heteroatoms. The third kappa shape index (κ3) is 4.24. The Morgan fingerprint density at radius 1 is 1.17 bits per heavy atom. The van der Waals surface area contributed by atoms with Crippen LogP contribution in [0.3, 0.4) is 0 Å². The van der Waals surface area contributed by atoms with Crippen molar-refractivity contribution in [3.05, 3.63) is 47.5 Å². The van der Waals surface area contributed by atoms with E-state index in [2.05, 4.69) is 20.4 Å². The molecule has 2 N–H and O–H groups in total. The highest BCUT2D eigenvalue weighted by Gasteiger charge is 2.36. The Kier molecular flexibility index (Phi) is 5.11. The van der Waals surface area contributed by atoms with E-state index in [4.69, 9.17) is 0 Å². The number of nitrogens with one attached hydrogen (secondary N) is 1. The molecule has 29 heavy (non-hydrogen) atoms. The van der Waals surface area contributed by atoms with Gasteiger partial charge in [0.1, 0.15) is 23.8 Å². The minimum Gasteiger partial charge on any atom is -0.388 e. The van der Waals surface area contributed by atoms with Gasteiger partial charge >= 0.3 is 6.18 Å². The summed E-state index contributed by atoms with van der Waals surface area (Å²) in [5.41, 5.74) is -2.69. The summed E-state index contributed by atoms with van der Waals surface area (Å²) in [5.74, 6) is -0.211. The molecule has 0 amide bonds. The van der Waals surface area contributed by atoms with Gasteiger partial charge in [-0.3, -0.25) is 0 Å². The van der Waals surface area contributed by atoms with Crippen molar-refractivity contribution < 1.29 is 22.7 Å². The number of hydrogen-bond donors (Lipinski definition) is 2. The first-order valence-corrected chi connectivity index (χ1v) is 8.61. The molecule has 1 atom stereocenters. The van der Waals surface area contributed by atoms with Crippen LogP contribution in [0.4, 0.5) is 29.2 Å². The van der Waals surface area contributed by atoms with E-state index in [-0.39, 0.29) is 11.3 Å². The third-order valence-electron chi connectivity index (χ3n) is 4.33. The fraction of sp³-hybridized carbons (Fsp3) is 0.389. The van der Waals surface area contributed by atoms with Crippen molar-refractivity contribution >= 4 is 17.4 Å². The molecule has 0 fully saturated rings. The van der Waals surface area contributed by atoms with Crippen LogP contribution in [0.1, 0.15) is 31.0 Å². The SMILES string of the molecule is CN(C)c1cc(NC(c2ccc(C(F)(F)F)c(F)c2)C(C)(C)O)n2ncnc2n1. The molecule has 7 nitrogen and oxygen atoms in total. The van der Waals surface area contributed by atoms with Gasteiger partial charge in [0.25, 0.3) is 5.78 Å². The van der Waals surface area contributed by atoms with Gasteiger partial charge in [-0.15, -0.1) is 0 Å². The molecule has 1 unspecified atom stereocenters. The van der Waals surface area contributed by atoms with Gasteiger partial charge in [0.15, 0.2) is 0 Å². The molecule has 156 valence electrons. The third-order valence-corrected chi connectivity index (χ3v) is 4.33. The predicted molar refractivity (Wildman–Crippen MR) is 99.2 cm³/mol. The number of aliphatic hydroxyl groups is 1. The van der Waals surface area contributed by atoms with Gasteiger partial charge in [-0.05, 0) is 31.5 Å². The lowest BCUT2D eigenvalue weighted by atomic mass is 9.91. The van der Waals surface area contributed by atoms with E-state index in [1.54, 1.807) is 25.1 Å². The number of halogens is 4. The van der Waals surface area contributed by atoms with Gasteiger partial charge in [0, 0.05) is 20.2 Å². The number of rotatable bonds is 5. The molecule has 3 aromatic rings. The number of hydrogen-bond acceptors (Lipinski definition) is 6. The minimum atomic E-state index is -4.81. The summed E-state index contributed by atoms with van der Waals surface area (Å²) in [6.45, 7) is 2.93. The van der Waals surface area contributed by atoms with Crippen molar-refractivity contribution in [3.63, 3.8) is 0 Å². The first-order valence-electron chi connectivity index (χ1n) is 8.61. The van der Waals surface area contributed by atoms with Gasteiger partial charge in [-0.1, -0.05) is 6.07 Å². The average Bonchev–Trinajstić information content (AvgIpc) is 3.05. The van der Waals surface area contributed by atoms with E-state index >= 15 is 0 Å². The highest BCUT2D eigenvalue weighted by Crippen LogP contribution is 2.35. The fourth-order valence-corrected chi connectivity index (χ4v) is 2.89. The monoisotopic (exact) mass is 412 g/mol. The van der Waals surface area contributed by atoms with Gasteiger partial charge in [-0.2, -0.15) is 32.8 Å². The Hall–Kier alpha value is -2.95. The van der Waals surface area contributed by atoms with Gasteiger partial charge in [-0.25, -0.2) is 4.39 Å². The highest BCUT2D eigenvalue weighted by molar-refractivity contribution is 5.56. The maximum absolute atomic E-state index is 14.1. The van der Waals surface area contributed by atoms with Crippen LogP contribution in [0.5, 0.6) is 0 Å². The Morgan fingerprint density at radius 2 is 1.86 bits per heavy atom. The largest absolute Gasteiger partial charge is 0.419 e. The Bertz CT molecular complexity index is 1030. The normalized spacial score (nSPS) is 13.6. The van der Waals surface area contributed by atoms with E-state index < -0.39 is 29.2 Å². The van der Waals surface area contributed by atoms with Crippen LogP contribution in [0.2, 0.25) is 0 Å². The molecule has 2 heterocycles. The van der Waals surface area contributed by atoms with Crippen LogP contribution in [0, 0.1) is 5.82 Å². The van der Waals surface area contributed by atoms with Crippen LogP contribution in [-0.4, -0.2) is 44.4 Å². The summed E-state index contributed by atoms with van der Waals surface area (Å²) in [7, 11) is 3.55. The van der Waals surface area contributed by atoms with Crippen molar-refractivity contribution in [1.29, 1.82) is 0 Å². The van der Waals surface area contributed by atoms with Crippen molar-refractivity contribution in [2.45, 2.75) is 31.7 Å². The maximum atomic E-state index is 14.1. The molecule has 0 bridgehead atoms. The predicted octanol–water partition coefficient (Wildman–Crippen LogP) is 3.27. The second kappa shape index (κ2) is 7.14. The highest BCUT2D eigenvalue weighted by atomic mass is 19.4. The van der Waals surface area contributed by atoms with Crippen LogP contribution in [0.15, 0.2) is 30.6 Å². The minimum absolute atomic E-state index is 0.138. The van der Waals surface area contributed by atoms with Gasteiger partial charge in [0.2, 0.25) is 0 Å². The van der Waals surface area contributed by atoms with E-state index in [0.29, 0.717) is 17.7 Å². The number of nitrogens with zero attached hydrogens (tertiary/aromatic N) is 5. The van der Waals surface area contributed by atoms with E-state index in [9.17, 15) is 22.7 Å². The van der Waals surface area contributed by atoms with Crippen LogP contribution >= 0.6 is 0 Å². The zero-order valence-electron chi connectivity index (χ0n) is 16.2. The molecular weight excluding hydrogens is 392 g/mol. The Morgan fingerprint density at radius 3 is 2.41 bits per heavy atom. The van der Waals surface area contributed by atoms with E-state index in [1.807, 2.05) is 0 Å². The quantitative estimate of drug-likeness (QED) is 0.627. The summed E-state index contributed by atoms with van der Waals surface area (Å²) in [4.78, 5) is 10.1. The summed E-state index contributed by atoms with van der Waals surface area (Å²) < 4.78 is 54.2. The molecule has 0 radical (unpaired) electrons. The molecule has 0 aliphatic rings. The number of anilines is 2. The molecule has 0 aliphatic carbocycles. The molecule has 0 aliphatic heterocycles. The van der Waals surface area contributed by atoms with E-state index in [0.717, 1.165) is 12.1 Å². The Labute approximate surface area is 164 Å². The molecule has 2 aromatic heterocycles. The first kappa shape index (κ1) is 20.8. The topological polar surface area (TPSA) is 78.6 Å². The molecule has 1 aromatic carbocycles. The molecular formula is C18H20F4N6O. The number of aromatic nitrogens is 4. The summed E-state index contributed by atoms with van der Waals surface area (Å²) in [5, 5.41) is 17.7. The molecule has 0 spiro atoms. The number of fused-ring (bicyclic) bond motifs is 1. The van der Waals surface area contributed by atoms with Crippen molar-refractivity contribution in [1.82, 2.24) is 19.6 Å². The zero-order valence-corrected chi connectivity index (χ0v) is 16.2. The molecule has 3 rings (SSSR count). The second-order valence-corrected chi connectivity index (χ2v) is 7.33. The fourth-order valence-electron chi connectivity index (χ4n) is 2.89. The lowest BCUT2D eigenvalue weighted by Gasteiger charge is -2.32. The first-order chi connectivity index (χ1) is 13.4. The molecule has 0 saturated carbocycles. The smallest absolute Gasteiger partial charge is 0.388 e. The standard InChI is InChI=1S/C18H20F4N6O/c1-17(2,29)15(10-5-6-11(12(19)7-10)18(20,21)22)25-14-8-13(27(3)4)26-16-23-9-24-28(14)16/h5-9,15,25,29H,1-4H3. The summed E-state index contributed by atoms with van der Waals surface area (Å²) in [6, 6.07) is 3.25. The van der Waals surface area contributed by atoms with Crippen molar-refractivity contribution in [2.24, 2.45) is 0 Å². The summed E-state index contributed by atoms with van der Waals surface area (Å²) >= 11 is 0. The van der Waals surface area contributed by atoms with Gasteiger partial charge in [0.05, 0.1) is 17.2 Å². The lowest BCUT2D eigenvalue weighted by Crippen LogP contribution is -2.35. The number of benzene rings is 1. The van der Waals surface area contributed by atoms with E-state index in [1.165, 1.54) is 24.7 Å². The van der Waals surface area contributed by atoms with Crippen LogP contribution in [-0.2, 0) is 6.18 Å². The van der Waals surface area contributed by atoms with Crippen LogP contribution in [0.25, 0.3) is 5.78 Å². The zero-order chi connectivity index (χ0) is 21.6. The summed E-state index contributed by atoms with van der Waals surface area (Å²) in [6.07, 6.45) is -3.51. The van der Waals surface area contributed by atoms with Crippen LogP contribution < -0.4 is 10.2 Å². The average molecular weight is 412 g/mol. The second-order valence-electron chi connectivity index (χ2n) is 7.33. The molecule has 0 saturated heterocycles. The maximum Gasteiger partial charge on any atom is 0.419 e. The Balaban J connectivity index is 2.08. The van der Waals surface area contributed by atoms with Gasteiger partial charge < -0.3 is 15.3 Å². The van der Waals surface area contributed by atoms with Crippen molar-refractivity contribution in [3.8, 4) is 0 Å². The van der Waals surface area contributed by atoms with Crippen molar-refractivity contribution in [2.75, 3.05) is 24.3 Å². The lowest BCUT2D eigenvalue weighted by molar-refractivity contribution is -0.140. The number of alkyl halides is 3.